The number of sulfone groups is 1. The zero-order chi connectivity index (χ0) is 18.0. The maximum absolute atomic E-state index is 12.4. The van der Waals surface area contributed by atoms with Crippen molar-refractivity contribution < 1.29 is 30.8 Å². The third-order valence-corrected chi connectivity index (χ3v) is 4.43. The van der Waals surface area contributed by atoms with Crippen molar-refractivity contribution in [2.75, 3.05) is 5.75 Å². The van der Waals surface area contributed by atoms with E-state index in [-0.39, 0.29) is 23.8 Å². The van der Waals surface area contributed by atoms with E-state index in [1.807, 2.05) is 0 Å². The van der Waals surface area contributed by atoms with Crippen molar-refractivity contribution in [2.45, 2.75) is 24.9 Å². The molecule has 11 heteroatoms. The molecule has 24 heavy (non-hydrogen) atoms. The summed E-state index contributed by atoms with van der Waals surface area (Å²) in [4.78, 5) is 11.8. The molecular weight excluding hydrogens is 351 g/mol. The van der Waals surface area contributed by atoms with Gasteiger partial charge in [0.1, 0.15) is 0 Å². The number of alkyl halides is 3. The Kier molecular flexibility index (Phi) is 4.92. The topological polar surface area (TPSA) is 102 Å². The minimum Gasteiger partial charge on any atom is -0.411 e. The Labute approximate surface area is 134 Å². The van der Waals surface area contributed by atoms with E-state index < -0.39 is 32.7 Å². The maximum Gasteiger partial charge on any atom is 0.416 e. The number of hydrogen-bond donors (Lipinski definition) is 1. The van der Waals surface area contributed by atoms with Gasteiger partial charge < -0.3 is 9.73 Å². The Hall–Kier alpha value is -2.43. The van der Waals surface area contributed by atoms with Crippen molar-refractivity contribution in [3.63, 3.8) is 0 Å². The molecule has 2 rings (SSSR count). The monoisotopic (exact) mass is 363 g/mol. The highest BCUT2D eigenvalue weighted by molar-refractivity contribution is 7.91. The van der Waals surface area contributed by atoms with Gasteiger partial charge in [-0.25, -0.2) is 8.42 Å². The van der Waals surface area contributed by atoms with Crippen LogP contribution in [-0.2, 0) is 22.6 Å². The highest BCUT2D eigenvalue weighted by atomic mass is 32.2. The minimum atomic E-state index is -4.49. The van der Waals surface area contributed by atoms with Gasteiger partial charge in [0.15, 0.2) is 0 Å². The second kappa shape index (κ2) is 6.59. The number of nitrogens with zero attached hydrogens (tertiary/aromatic N) is 2. The zero-order valence-corrected chi connectivity index (χ0v) is 13.1. The van der Waals surface area contributed by atoms with Gasteiger partial charge in [-0.1, -0.05) is 12.0 Å². The molecule has 0 radical (unpaired) electrons. The molecular formula is C13H12F3N3O4S. The number of aromatic nitrogens is 2. The molecule has 0 aliphatic heterocycles. The van der Waals surface area contributed by atoms with E-state index in [4.69, 9.17) is 4.42 Å². The summed E-state index contributed by atoms with van der Waals surface area (Å²) in [7, 11) is -3.65. The molecule has 0 atom stereocenters. The number of hydrogen-bond acceptors (Lipinski definition) is 6. The van der Waals surface area contributed by atoms with E-state index in [9.17, 15) is 26.4 Å². The van der Waals surface area contributed by atoms with Crippen LogP contribution in [0, 0.1) is 0 Å². The molecule has 0 unspecified atom stereocenters. The van der Waals surface area contributed by atoms with Crippen LogP contribution in [-0.4, -0.2) is 30.3 Å². The van der Waals surface area contributed by atoms with Crippen molar-refractivity contribution >= 4 is 15.7 Å². The summed E-state index contributed by atoms with van der Waals surface area (Å²) in [6, 6.07) is 3.62. The third-order valence-electron chi connectivity index (χ3n) is 2.97. The van der Waals surface area contributed by atoms with Gasteiger partial charge in [0, 0.05) is 5.56 Å². The Morgan fingerprint density at radius 1 is 1.21 bits per heavy atom. The van der Waals surface area contributed by atoms with E-state index in [1.165, 1.54) is 6.92 Å². The second-order valence-electron chi connectivity index (χ2n) is 4.62. The fourth-order valence-corrected chi connectivity index (χ4v) is 2.26. The van der Waals surface area contributed by atoms with Crippen LogP contribution in [0.25, 0.3) is 0 Å². The lowest BCUT2D eigenvalue weighted by Crippen LogP contribution is -2.23. The lowest BCUT2D eigenvalue weighted by molar-refractivity contribution is -0.137. The number of rotatable bonds is 5. The number of nitrogens with one attached hydrogen (secondary N) is 1. The molecule has 0 aliphatic carbocycles. The number of amides is 1. The predicted octanol–water partition coefficient (Wildman–Crippen LogP) is 1.81. The molecule has 0 bridgehead atoms. The van der Waals surface area contributed by atoms with Crippen LogP contribution < -0.4 is 5.32 Å². The first kappa shape index (κ1) is 17.9. The highest BCUT2D eigenvalue weighted by Gasteiger charge is 2.30. The summed E-state index contributed by atoms with van der Waals surface area (Å²) >= 11 is 0. The van der Waals surface area contributed by atoms with E-state index in [0.29, 0.717) is 0 Å². The van der Waals surface area contributed by atoms with Gasteiger partial charge in [-0.3, -0.25) is 4.79 Å². The van der Waals surface area contributed by atoms with Crippen molar-refractivity contribution in [2.24, 2.45) is 0 Å². The van der Waals surface area contributed by atoms with Crippen LogP contribution in [0.2, 0.25) is 0 Å². The molecule has 7 nitrogen and oxygen atoms in total. The summed E-state index contributed by atoms with van der Waals surface area (Å²) in [6.07, 6.45) is -4.49. The van der Waals surface area contributed by atoms with Crippen LogP contribution >= 0.6 is 0 Å². The molecule has 1 amide bonds. The molecule has 0 saturated carbocycles. The predicted molar refractivity (Wildman–Crippen MR) is 74.6 cm³/mol. The molecule has 0 fully saturated rings. The fourth-order valence-electron chi connectivity index (χ4n) is 1.63. The molecule has 0 spiro atoms. The Morgan fingerprint density at radius 2 is 1.83 bits per heavy atom. The lowest BCUT2D eigenvalue weighted by Gasteiger charge is -2.07. The average Bonchev–Trinajstić information content (AvgIpc) is 3.01. The number of carbonyl (C=O) groups is 1. The van der Waals surface area contributed by atoms with Crippen LogP contribution in [0.1, 0.15) is 28.7 Å². The third kappa shape index (κ3) is 4.10. The first-order valence-corrected chi connectivity index (χ1v) is 8.29. The first-order valence-electron chi connectivity index (χ1n) is 6.64. The van der Waals surface area contributed by atoms with E-state index >= 15 is 0 Å². The molecule has 1 heterocycles. The Balaban J connectivity index is 2.01. The van der Waals surface area contributed by atoms with Gasteiger partial charge in [-0.15, -0.1) is 5.10 Å². The van der Waals surface area contributed by atoms with E-state index in [1.54, 1.807) is 0 Å². The van der Waals surface area contributed by atoms with E-state index in [0.717, 1.165) is 24.3 Å². The van der Waals surface area contributed by atoms with E-state index in [2.05, 4.69) is 15.5 Å². The quantitative estimate of drug-likeness (QED) is 0.869. The summed E-state index contributed by atoms with van der Waals surface area (Å²) in [6.45, 7) is 1.15. The van der Waals surface area contributed by atoms with Crippen LogP contribution in [0.15, 0.2) is 33.9 Å². The van der Waals surface area contributed by atoms with Crippen molar-refractivity contribution in [1.29, 1.82) is 0 Å². The standard InChI is InChI=1S/C13H12F3N3O4S/c1-2-24(21,22)12-19-18-10(23-12)7-17-11(20)8-3-5-9(6-4-8)13(14,15)16/h3-6H,2,7H2,1H3,(H,17,20). The largest absolute Gasteiger partial charge is 0.416 e. The summed E-state index contributed by atoms with van der Waals surface area (Å²) in [5.74, 6) is -1.02. The number of benzene rings is 1. The number of carbonyl (C=O) groups excluding carboxylic acids is 1. The molecule has 1 N–H and O–H groups in total. The van der Waals surface area contributed by atoms with Gasteiger partial charge >= 0.3 is 11.4 Å². The number of halogens is 3. The SMILES string of the molecule is CCS(=O)(=O)c1nnc(CNC(=O)c2ccc(C(F)(F)F)cc2)o1. The van der Waals surface area contributed by atoms with Gasteiger partial charge in [0.25, 0.3) is 5.91 Å². The van der Waals surface area contributed by atoms with Gasteiger partial charge in [-0.05, 0) is 24.3 Å². The van der Waals surface area contributed by atoms with Crippen LogP contribution in [0.4, 0.5) is 13.2 Å². The van der Waals surface area contributed by atoms with Gasteiger partial charge in [0.2, 0.25) is 15.7 Å². The summed E-state index contributed by atoms with van der Waals surface area (Å²) < 4.78 is 65.3. The van der Waals surface area contributed by atoms with Crippen molar-refractivity contribution in [3.05, 3.63) is 41.3 Å². The molecule has 1 aromatic heterocycles. The Morgan fingerprint density at radius 3 is 2.38 bits per heavy atom. The minimum absolute atomic E-state index is 0.00363. The Bertz CT molecular complexity index is 829. The first-order chi connectivity index (χ1) is 11.1. The normalized spacial score (nSPS) is 12.2. The van der Waals surface area contributed by atoms with Crippen molar-refractivity contribution in [1.82, 2.24) is 15.5 Å². The van der Waals surface area contributed by atoms with Gasteiger partial charge in [0.05, 0.1) is 17.9 Å². The maximum atomic E-state index is 12.4. The van der Waals surface area contributed by atoms with Crippen LogP contribution in [0.3, 0.4) is 0 Å². The zero-order valence-electron chi connectivity index (χ0n) is 12.3. The van der Waals surface area contributed by atoms with Crippen LogP contribution in [0.5, 0.6) is 0 Å². The molecule has 0 saturated heterocycles. The molecule has 0 aliphatic rings. The highest BCUT2D eigenvalue weighted by Crippen LogP contribution is 2.29. The van der Waals surface area contributed by atoms with Gasteiger partial charge in [-0.2, -0.15) is 13.2 Å². The smallest absolute Gasteiger partial charge is 0.411 e. The second-order valence-corrected chi connectivity index (χ2v) is 6.78. The lowest BCUT2D eigenvalue weighted by atomic mass is 10.1. The molecule has 2 aromatic rings. The molecule has 1 aromatic carbocycles. The molecule has 130 valence electrons. The summed E-state index contributed by atoms with van der Waals surface area (Å²) in [5, 5.41) is 8.64. The summed E-state index contributed by atoms with van der Waals surface area (Å²) in [5.41, 5.74) is -0.866. The average molecular weight is 363 g/mol. The fraction of sp³-hybridized carbons (Fsp3) is 0.308. The van der Waals surface area contributed by atoms with Crippen molar-refractivity contribution in [3.8, 4) is 0 Å².